The van der Waals surface area contributed by atoms with Crippen molar-refractivity contribution >= 4 is 17.2 Å². The van der Waals surface area contributed by atoms with Crippen molar-refractivity contribution < 1.29 is 4.79 Å². The Hall–Kier alpha value is -0.940. The lowest BCUT2D eigenvalue weighted by molar-refractivity contribution is 0.0738. The van der Waals surface area contributed by atoms with E-state index in [1.807, 2.05) is 4.90 Å². The van der Waals surface area contributed by atoms with Crippen LogP contribution in [0.25, 0.3) is 0 Å². The number of nitrogens with zero attached hydrogens (tertiary/aromatic N) is 2. The van der Waals surface area contributed by atoms with Crippen LogP contribution in [0, 0.1) is 0 Å². The molecule has 1 amide bonds. The van der Waals surface area contributed by atoms with Crippen molar-refractivity contribution in [2.75, 3.05) is 26.2 Å². The van der Waals surface area contributed by atoms with E-state index in [2.05, 4.69) is 39.9 Å². The molecule has 0 unspecified atom stereocenters. The monoisotopic (exact) mass is 295 g/mol. The first-order valence-electron chi connectivity index (χ1n) is 7.32. The number of hydrogen-bond acceptors (Lipinski definition) is 4. The Labute approximate surface area is 125 Å². The van der Waals surface area contributed by atoms with Crippen LogP contribution >= 0.6 is 11.3 Å². The van der Waals surface area contributed by atoms with Gasteiger partial charge in [-0.25, -0.2) is 4.98 Å². The zero-order chi connectivity index (χ0) is 14.9. The highest BCUT2D eigenvalue weighted by molar-refractivity contribution is 7.13. The second-order valence-electron chi connectivity index (χ2n) is 6.68. The number of rotatable bonds is 2. The first kappa shape index (κ1) is 15.4. The minimum absolute atomic E-state index is 0.0946. The molecular weight excluding hydrogens is 270 g/mol. The molecule has 0 radical (unpaired) electrons. The second-order valence-corrected chi connectivity index (χ2v) is 7.71. The van der Waals surface area contributed by atoms with Crippen molar-refractivity contribution in [2.24, 2.45) is 0 Å². The van der Waals surface area contributed by atoms with E-state index in [0.717, 1.165) is 41.8 Å². The molecule has 0 aromatic carbocycles. The molecule has 1 fully saturated rings. The normalized spacial score (nSPS) is 16.8. The molecular formula is C15H25N3OS. The average molecular weight is 295 g/mol. The smallest absolute Gasteiger partial charge is 0.265 e. The fourth-order valence-corrected chi connectivity index (χ4v) is 3.50. The van der Waals surface area contributed by atoms with Crippen molar-refractivity contribution in [3.8, 4) is 0 Å². The minimum atomic E-state index is -0.0946. The van der Waals surface area contributed by atoms with Gasteiger partial charge in [0, 0.05) is 37.5 Å². The Morgan fingerprint density at radius 1 is 1.30 bits per heavy atom. The molecule has 4 nitrogen and oxygen atoms in total. The molecule has 0 bridgehead atoms. The van der Waals surface area contributed by atoms with E-state index in [1.54, 1.807) is 11.3 Å². The highest BCUT2D eigenvalue weighted by Crippen LogP contribution is 2.33. The summed E-state index contributed by atoms with van der Waals surface area (Å²) >= 11 is 1.57. The summed E-state index contributed by atoms with van der Waals surface area (Å²) < 4.78 is 0. The van der Waals surface area contributed by atoms with Gasteiger partial charge in [-0.15, -0.1) is 11.3 Å². The maximum Gasteiger partial charge on any atom is 0.265 e. The number of amides is 1. The van der Waals surface area contributed by atoms with Gasteiger partial charge >= 0.3 is 0 Å². The fourth-order valence-electron chi connectivity index (χ4n) is 2.25. The molecule has 112 valence electrons. The van der Waals surface area contributed by atoms with E-state index in [4.69, 9.17) is 4.98 Å². The van der Waals surface area contributed by atoms with Crippen molar-refractivity contribution in [1.29, 1.82) is 0 Å². The molecule has 0 saturated carbocycles. The molecule has 0 atom stereocenters. The van der Waals surface area contributed by atoms with Gasteiger partial charge in [-0.2, -0.15) is 0 Å². The number of aromatic nitrogens is 1. The fraction of sp³-hybridized carbons (Fsp3) is 0.733. The number of thiazole rings is 1. The SMILES string of the molecule is CC(C)c1nc(C(C)(C)C)c(C(=O)N2CCNCC2)s1. The molecule has 5 heteroatoms. The van der Waals surface area contributed by atoms with Crippen LogP contribution in [0.1, 0.15) is 60.9 Å². The first-order chi connectivity index (χ1) is 9.30. The molecule has 1 N–H and O–H groups in total. The second kappa shape index (κ2) is 5.82. The molecule has 1 aromatic rings. The van der Waals surface area contributed by atoms with Crippen molar-refractivity contribution in [3.05, 3.63) is 15.6 Å². The van der Waals surface area contributed by atoms with Gasteiger partial charge in [0.05, 0.1) is 10.7 Å². The van der Waals surface area contributed by atoms with E-state index in [0.29, 0.717) is 5.92 Å². The number of piperazine rings is 1. The third-order valence-electron chi connectivity index (χ3n) is 3.45. The van der Waals surface area contributed by atoms with Gasteiger partial charge in [0.15, 0.2) is 0 Å². The molecule has 1 saturated heterocycles. The Balaban J connectivity index is 2.35. The Bertz CT molecular complexity index is 482. The summed E-state index contributed by atoms with van der Waals surface area (Å²) in [4.78, 5) is 20.3. The highest BCUT2D eigenvalue weighted by Gasteiger charge is 2.30. The van der Waals surface area contributed by atoms with Gasteiger partial charge in [0.25, 0.3) is 5.91 Å². The number of nitrogens with one attached hydrogen (secondary N) is 1. The van der Waals surface area contributed by atoms with Crippen LogP contribution in [-0.2, 0) is 5.41 Å². The Morgan fingerprint density at radius 3 is 2.40 bits per heavy atom. The van der Waals surface area contributed by atoms with Gasteiger partial charge in [-0.1, -0.05) is 34.6 Å². The van der Waals surface area contributed by atoms with Gasteiger partial charge < -0.3 is 10.2 Å². The topological polar surface area (TPSA) is 45.2 Å². The number of hydrogen-bond donors (Lipinski definition) is 1. The van der Waals surface area contributed by atoms with E-state index in [1.165, 1.54) is 0 Å². The molecule has 0 spiro atoms. The largest absolute Gasteiger partial charge is 0.335 e. The molecule has 2 rings (SSSR count). The van der Waals surface area contributed by atoms with E-state index < -0.39 is 0 Å². The summed E-state index contributed by atoms with van der Waals surface area (Å²) in [5, 5.41) is 4.35. The van der Waals surface area contributed by atoms with Crippen LogP contribution in [0.4, 0.5) is 0 Å². The summed E-state index contributed by atoms with van der Waals surface area (Å²) in [7, 11) is 0. The minimum Gasteiger partial charge on any atom is -0.335 e. The Kier molecular flexibility index (Phi) is 4.49. The van der Waals surface area contributed by atoms with Crippen LogP contribution in [0.3, 0.4) is 0 Å². The Morgan fingerprint density at radius 2 is 1.90 bits per heavy atom. The lowest BCUT2D eigenvalue weighted by Gasteiger charge is -2.28. The maximum absolute atomic E-state index is 12.8. The average Bonchev–Trinajstić information content (AvgIpc) is 2.84. The van der Waals surface area contributed by atoms with E-state index >= 15 is 0 Å². The lowest BCUT2D eigenvalue weighted by atomic mass is 9.91. The number of carbonyl (C=O) groups excluding carboxylic acids is 1. The lowest BCUT2D eigenvalue weighted by Crippen LogP contribution is -2.46. The molecule has 1 aliphatic rings. The summed E-state index contributed by atoms with van der Waals surface area (Å²) in [5.41, 5.74) is 0.859. The van der Waals surface area contributed by atoms with Gasteiger partial charge in [-0.05, 0) is 0 Å². The van der Waals surface area contributed by atoms with Gasteiger partial charge in [-0.3, -0.25) is 4.79 Å². The van der Waals surface area contributed by atoms with Crippen molar-refractivity contribution in [1.82, 2.24) is 15.2 Å². The first-order valence-corrected chi connectivity index (χ1v) is 8.13. The summed E-state index contributed by atoms with van der Waals surface area (Å²) in [5.74, 6) is 0.520. The van der Waals surface area contributed by atoms with Crippen LogP contribution in [0.5, 0.6) is 0 Å². The van der Waals surface area contributed by atoms with Gasteiger partial charge in [0.2, 0.25) is 0 Å². The zero-order valence-corrected chi connectivity index (χ0v) is 13.9. The predicted octanol–water partition coefficient (Wildman–Crippen LogP) is 2.61. The van der Waals surface area contributed by atoms with Crippen molar-refractivity contribution in [3.63, 3.8) is 0 Å². The molecule has 0 aliphatic carbocycles. The maximum atomic E-state index is 12.8. The van der Waals surface area contributed by atoms with Crippen LogP contribution in [-0.4, -0.2) is 42.0 Å². The highest BCUT2D eigenvalue weighted by atomic mass is 32.1. The van der Waals surface area contributed by atoms with Crippen LogP contribution < -0.4 is 5.32 Å². The number of carbonyl (C=O) groups is 1. The van der Waals surface area contributed by atoms with Crippen LogP contribution in [0.2, 0.25) is 0 Å². The third-order valence-corrected chi connectivity index (χ3v) is 4.79. The molecule has 20 heavy (non-hydrogen) atoms. The molecule has 1 aromatic heterocycles. The quantitative estimate of drug-likeness (QED) is 0.912. The third kappa shape index (κ3) is 3.20. The van der Waals surface area contributed by atoms with Gasteiger partial charge in [0.1, 0.15) is 4.88 Å². The molecule has 2 heterocycles. The summed E-state index contributed by atoms with van der Waals surface area (Å²) in [6.45, 7) is 14.0. The molecule has 1 aliphatic heterocycles. The van der Waals surface area contributed by atoms with Crippen molar-refractivity contribution in [2.45, 2.75) is 46.0 Å². The predicted molar refractivity (Wildman–Crippen MR) is 83.7 cm³/mol. The standard InChI is InChI=1S/C15H25N3OS/c1-10(2)13-17-12(15(3,4)5)11(20-13)14(19)18-8-6-16-7-9-18/h10,16H,6-9H2,1-5H3. The summed E-state index contributed by atoms with van der Waals surface area (Å²) in [6, 6.07) is 0. The van der Waals surface area contributed by atoms with Crippen LogP contribution in [0.15, 0.2) is 0 Å². The zero-order valence-electron chi connectivity index (χ0n) is 13.1. The summed E-state index contributed by atoms with van der Waals surface area (Å²) in [6.07, 6.45) is 0. The van der Waals surface area contributed by atoms with E-state index in [9.17, 15) is 4.79 Å². The van der Waals surface area contributed by atoms with E-state index in [-0.39, 0.29) is 11.3 Å².